The molecule has 0 aromatic carbocycles. The summed E-state index contributed by atoms with van der Waals surface area (Å²) >= 11 is 0. The van der Waals surface area contributed by atoms with Crippen LogP contribution < -0.4 is 5.73 Å². The number of carbonyl (C=O) groups excluding carboxylic acids is 1. The van der Waals surface area contributed by atoms with E-state index in [4.69, 9.17) is 32.2 Å². The minimum Gasteiger partial charge on any atom is -0.632 e. The van der Waals surface area contributed by atoms with E-state index in [0.717, 1.165) is 19.3 Å². The first-order valence-corrected chi connectivity index (χ1v) is 5.30. The standard InChI is InChI=1S/C9H19N3O2.HNO3.Y/c1-7(6-14-9(12)13)4-2-3-5-8(10)11;2-1(3)4;/h7H,2-6H2,1H3,(H5,10,11,12,13);(H,2,3,4);/p-1. The number of ether oxygens (including phenoxy) is 1. The van der Waals surface area contributed by atoms with Crippen LogP contribution in [0.2, 0.25) is 0 Å². The smallest absolute Gasteiger partial charge is 0.291 e. The van der Waals surface area contributed by atoms with Crippen LogP contribution in [0.4, 0.5) is 4.79 Å². The molecule has 0 aliphatic rings. The number of hydrogen-bond acceptors (Lipinski definition) is 5. The normalized spacial score (nSPS) is 10.2. The summed E-state index contributed by atoms with van der Waals surface area (Å²) in [5.74, 6) is 0.492. The van der Waals surface area contributed by atoms with Crippen molar-refractivity contribution >= 4 is 11.9 Å². The molecule has 0 bridgehead atoms. The van der Waals surface area contributed by atoms with Gasteiger partial charge in [0.1, 0.15) is 0 Å². The zero-order chi connectivity index (χ0) is 14.6. The SMILES string of the molecule is CC(CCCCC(=N)N)COC([NH-])=O.O=[N+]([O-])O.[Y]. The van der Waals surface area contributed by atoms with Crippen molar-refractivity contribution in [3.05, 3.63) is 15.8 Å². The van der Waals surface area contributed by atoms with Gasteiger partial charge in [0.15, 0.2) is 0 Å². The summed E-state index contributed by atoms with van der Waals surface area (Å²) in [4.78, 5) is 18.5. The maximum Gasteiger partial charge on any atom is 0.291 e. The molecule has 0 aliphatic carbocycles. The molecule has 0 spiro atoms. The Morgan fingerprint density at radius 2 is 2.05 bits per heavy atom. The van der Waals surface area contributed by atoms with E-state index in [1.54, 1.807) is 0 Å². The van der Waals surface area contributed by atoms with Gasteiger partial charge in [-0.1, -0.05) is 13.3 Å². The summed E-state index contributed by atoms with van der Waals surface area (Å²) in [6, 6.07) is 0. The van der Waals surface area contributed by atoms with Crippen molar-refractivity contribution in [2.75, 3.05) is 6.61 Å². The van der Waals surface area contributed by atoms with Crippen molar-refractivity contribution < 1.29 is 52.5 Å². The average Bonchev–Trinajstić information content (AvgIpc) is 2.20. The summed E-state index contributed by atoms with van der Waals surface area (Å²) in [5.41, 5.74) is 11.7. The number of carbonyl (C=O) groups is 1. The third-order valence-electron chi connectivity index (χ3n) is 1.89. The molecular formula is C9H19N4O5Y-. The summed E-state index contributed by atoms with van der Waals surface area (Å²) in [6.07, 6.45) is 2.46. The van der Waals surface area contributed by atoms with Gasteiger partial charge in [-0.3, -0.25) is 10.2 Å². The predicted molar refractivity (Wildman–Crippen MR) is 64.0 cm³/mol. The van der Waals surface area contributed by atoms with Gasteiger partial charge < -0.3 is 21.4 Å². The number of rotatable bonds is 7. The Hall–Kier alpha value is -0.956. The fourth-order valence-electron chi connectivity index (χ4n) is 1.11. The van der Waals surface area contributed by atoms with E-state index in [2.05, 4.69) is 4.74 Å². The van der Waals surface area contributed by atoms with Gasteiger partial charge in [-0.25, -0.2) is 0 Å². The van der Waals surface area contributed by atoms with Crippen LogP contribution in [0.5, 0.6) is 0 Å². The number of hydrogen-bond donors (Lipinski definition) is 3. The second-order valence-electron chi connectivity index (χ2n) is 3.71. The number of nitrogens with zero attached hydrogens (tertiary/aromatic N) is 1. The molecule has 19 heavy (non-hydrogen) atoms. The van der Waals surface area contributed by atoms with Crippen LogP contribution >= 0.6 is 0 Å². The minimum atomic E-state index is -1.50. The molecule has 0 aromatic heterocycles. The van der Waals surface area contributed by atoms with Crippen LogP contribution in [0.1, 0.15) is 32.6 Å². The maximum atomic E-state index is 10.2. The molecule has 5 N–H and O–H groups in total. The Morgan fingerprint density at radius 3 is 2.42 bits per heavy atom. The number of nitrogens with two attached hydrogens (primary N) is 1. The molecule has 0 saturated carbocycles. The number of amides is 1. The third kappa shape index (κ3) is 31.6. The number of unbranched alkanes of at least 4 members (excludes halogenated alkanes) is 1. The average molecular weight is 352 g/mol. The molecule has 109 valence electrons. The molecule has 1 amide bonds. The molecule has 0 heterocycles. The maximum absolute atomic E-state index is 10.2. The molecule has 0 aliphatic heterocycles. The molecule has 9 nitrogen and oxygen atoms in total. The Bertz CT molecular complexity index is 273. The van der Waals surface area contributed by atoms with Gasteiger partial charge in [-0.15, -0.1) is 10.1 Å². The third-order valence-corrected chi connectivity index (χ3v) is 1.89. The van der Waals surface area contributed by atoms with E-state index < -0.39 is 11.2 Å². The monoisotopic (exact) mass is 352 g/mol. The summed E-state index contributed by atoms with van der Waals surface area (Å²) in [6.45, 7) is 2.28. The second-order valence-corrected chi connectivity index (χ2v) is 3.71. The van der Waals surface area contributed by atoms with E-state index >= 15 is 0 Å². The quantitative estimate of drug-likeness (QED) is 0.208. The minimum absolute atomic E-state index is 0. The van der Waals surface area contributed by atoms with E-state index in [1.165, 1.54) is 0 Å². The fourth-order valence-corrected chi connectivity index (χ4v) is 1.11. The first-order valence-electron chi connectivity index (χ1n) is 5.30. The van der Waals surface area contributed by atoms with Crippen LogP contribution in [0.15, 0.2) is 0 Å². The second kappa shape index (κ2) is 15.1. The fraction of sp³-hybridized carbons (Fsp3) is 0.778. The molecule has 0 aromatic rings. The van der Waals surface area contributed by atoms with Gasteiger partial charge in [0.2, 0.25) is 6.09 Å². The first kappa shape index (κ1) is 23.2. The van der Waals surface area contributed by atoms with Gasteiger partial charge in [-0.05, 0) is 18.8 Å². The van der Waals surface area contributed by atoms with E-state index in [9.17, 15) is 4.79 Å². The topological polar surface area (TPSA) is 163 Å². The molecule has 1 atom stereocenters. The zero-order valence-electron chi connectivity index (χ0n) is 10.8. The van der Waals surface area contributed by atoms with Crippen molar-refractivity contribution in [2.24, 2.45) is 11.7 Å². The Morgan fingerprint density at radius 1 is 1.58 bits per heavy atom. The van der Waals surface area contributed by atoms with Gasteiger partial charge in [0.05, 0.1) is 12.4 Å². The molecule has 0 fully saturated rings. The molecule has 1 unspecified atom stereocenters. The van der Waals surface area contributed by atoms with Crippen molar-refractivity contribution in [1.82, 2.24) is 0 Å². The summed E-state index contributed by atoms with van der Waals surface area (Å²) < 4.78 is 4.54. The van der Waals surface area contributed by atoms with E-state index in [0.29, 0.717) is 13.0 Å². The van der Waals surface area contributed by atoms with Crippen LogP contribution in [0.3, 0.4) is 0 Å². The summed E-state index contributed by atoms with van der Waals surface area (Å²) in [5, 5.41) is 20.6. The van der Waals surface area contributed by atoms with Gasteiger partial charge in [0, 0.05) is 39.1 Å². The Kier molecular flexibility index (Phi) is 18.4. The number of nitrogens with one attached hydrogen (secondary N) is 2. The van der Waals surface area contributed by atoms with Crippen LogP contribution in [0, 0.1) is 21.4 Å². The zero-order valence-corrected chi connectivity index (χ0v) is 13.6. The predicted octanol–water partition coefficient (Wildman–Crippen LogP) is 1.96. The van der Waals surface area contributed by atoms with Crippen LogP contribution in [0.25, 0.3) is 5.73 Å². The molecule has 0 saturated heterocycles. The Balaban J connectivity index is -0.000000448. The molecule has 10 heteroatoms. The van der Waals surface area contributed by atoms with E-state index in [-0.39, 0.29) is 44.5 Å². The van der Waals surface area contributed by atoms with Crippen molar-refractivity contribution in [2.45, 2.75) is 32.6 Å². The van der Waals surface area contributed by atoms with Crippen LogP contribution in [-0.2, 0) is 37.4 Å². The Labute approximate surface area is 136 Å². The molecule has 1 radical (unpaired) electrons. The largest absolute Gasteiger partial charge is 0.632 e. The summed E-state index contributed by atoms with van der Waals surface area (Å²) in [7, 11) is 0. The van der Waals surface area contributed by atoms with Gasteiger partial charge in [0.25, 0.3) is 5.09 Å². The van der Waals surface area contributed by atoms with Crippen LogP contribution in [-0.4, -0.2) is 28.8 Å². The number of amidine groups is 1. The molecule has 0 rings (SSSR count). The van der Waals surface area contributed by atoms with Crippen molar-refractivity contribution in [3.8, 4) is 0 Å². The first-order chi connectivity index (χ1) is 8.25. The van der Waals surface area contributed by atoms with Gasteiger partial charge >= 0.3 is 0 Å². The molecular weight excluding hydrogens is 333 g/mol. The van der Waals surface area contributed by atoms with Crippen molar-refractivity contribution in [3.63, 3.8) is 0 Å². The van der Waals surface area contributed by atoms with E-state index in [1.807, 2.05) is 6.92 Å². The van der Waals surface area contributed by atoms with Gasteiger partial charge in [-0.2, -0.15) is 0 Å². The van der Waals surface area contributed by atoms with Crippen molar-refractivity contribution in [1.29, 1.82) is 5.41 Å².